The molecular weight excluding hydrogens is 458 g/mol. The number of thioether (sulfide) groups is 1. The van der Waals surface area contributed by atoms with Crippen LogP contribution in [0.4, 0.5) is 11.4 Å². The average Bonchev–Trinajstić information content (AvgIpc) is 2.91. The van der Waals surface area contributed by atoms with Crippen LogP contribution in [0, 0.1) is 0 Å². The summed E-state index contributed by atoms with van der Waals surface area (Å²) in [5, 5.41) is 0. The Morgan fingerprint density at radius 1 is 0.886 bits per heavy atom. The lowest BCUT2D eigenvalue weighted by atomic mass is 10.1. The van der Waals surface area contributed by atoms with E-state index in [2.05, 4.69) is 17.0 Å². The Balaban J connectivity index is 1.22. The van der Waals surface area contributed by atoms with Crippen molar-refractivity contribution >= 4 is 35.0 Å². The van der Waals surface area contributed by atoms with Gasteiger partial charge in [-0.3, -0.25) is 9.59 Å². The van der Waals surface area contributed by atoms with Crippen molar-refractivity contribution in [2.45, 2.75) is 18.4 Å². The zero-order valence-electron chi connectivity index (χ0n) is 19.9. The summed E-state index contributed by atoms with van der Waals surface area (Å²) in [4.78, 5) is 32.9. The van der Waals surface area contributed by atoms with Gasteiger partial charge >= 0.3 is 0 Å². The van der Waals surface area contributed by atoms with Gasteiger partial charge in [0.2, 0.25) is 5.91 Å². The van der Waals surface area contributed by atoms with Crippen molar-refractivity contribution in [1.29, 1.82) is 0 Å². The van der Waals surface area contributed by atoms with Crippen LogP contribution in [0.1, 0.15) is 22.8 Å². The Labute approximate surface area is 210 Å². The van der Waals surface area contributed by atoms with E-state index in [1.807, 2.05) is 77.4 Å². The van der Waals surface area contributed by atoms with Crippen molar-refractivity contribution in [3.63, 3.8) is 0 Å². The topological polar surface area (TPSA) is 53.1 Å². The number of benzene rings is 3. The molecule has 6 nitrogen and oxygen atoms in total. The second-order valence-corrected chi connectivity index (χ2v) is 9.63. The van der Waals surface area contributed by atoms with E-state index in [0.717, 1.165) is 40.7 Å². The Kier molecular flexibility index (Phi) is 6.95. The molecule has 180 valence electrons. The molecule has 0 saturated carbocycles. The first-order valence-electron chi connectivity index (χ1n) is 12.0. The number of hydrogen-bond acceptors (Lipinski definition) is 5. The summed E-state index contributed by atoms with van der Waals surface area (Å²) in [7, 11) is 0. The van der Waals surface area contributed by atoms with Gasteiger partial charge in [-0.05, 0) is 48.9 Å². The minimum atomic E-state index is 0.0464. The molecule has 2 aliphatic rings. The number of carbonyl (C=O) groups is 2. The lowest BCUT2D eigenvalue weighted by Gasteiger charge is -2.36. The molecule has 2 heterocycles. The number of carbonyl (C=O) groups excluding carboxylic acids is 2. The highest BCUT2D eigenvalue weighted by molar-refractivity contribution is 8.00. The Bertz CT molecular complexity index is 1210. The fourth-order valence-electron chi connectivity index (χ4n) is 4.59. The molecule has 3 aromatic rings. The molecule has 0 unspecified atom stereocenters. The van der Waals surface area contributed by atoms with Crippen LogP contribution < -0.4 is 14.5 Å². The molecule has 2 aliphatic heterocycles. The maximum absolute atomic E-state index is 13.1. The first-order chi connectivity index (χ1) is 17.1. The van der Waals surface area contributed by atoms with E-state index in [4.69, 9.17) is 4.74 Å². The predicted molar refractivity (Wildman–Crippen MR) is 141 cm³/mol. The largest absolute Gasteiger partial charge is 0.492 e. The second kappa shape index (κ2) is 10.4. The van der Waals surface area contributed by atoms with Crippen LogP contribution in [-0.2, 0) is 11.3 Å². The summed E-state index contributed by atoms with van der Waals surface area (Å²) in [6.45, 7) is 5.98. The van der Waals surface area contributed by atoms with E-state index in [9.17, 15) is 9.59 Å². The third kappa shape index (κ3) is 5.00. The van der Waals surface area contributed by atoms with Crippen molar-refractivity contribution in [3.8, 4) is 5.75 Å². The molecule has 0 bridgehead atoms. The molecule has 0 aromatic heterocycles. The van der Waals surface area contributed by atoms with Crippen molar-refractivity contribution < 1.29 is 14.3 Å². The molecule has 2 amide bonds. The number of fused-ring (bicyclic) bond motifs is 1. The van der Waals surface area contributed by atoms with Gasteiger partial charge in [-0.2, -0.15) is 0 Å². The van der Waals surface area contributed by atoms with Crippen LogP contribution in [0.2, 0.25) is 0 Å². The maximum atomic E-state index is 13.1. The van der Waals surface area contributed by atoms with E-state index in [0.29, 0.717) is 37.6 Å². The highest BCUT2D eigenvalue weighted by Crippen LogP contribution is 2.36. The van der Waals surface area contributed by atoms with Crippen molar-refractivity contribution in [3.05, 3.63) is 83.9 Å². The molecular formula is C28H29N3O3S. The number of para-hydroxylation sites is 3. The zero-order chi connectivity index (χ0) is 24.2. The van der Waals surface area contributed by atoms with Crippen LogP contribution in [0.15, 0.2) is 77.7 Å². The summed E-state index contributed by atoms with van der Waals surface area (Å²) in [6.07, 6.45) is 0. The molecule has 0 radical (unpaired) electrons. The van der Waals surface area contributed by atoms with Gasteiger partial charge in [-0.1, -0.05) is 36.4 Å². The van der Waals surface area contributed by atoms with Gasteiger partial charge in [0, 0.05) is 36.6 Å². The predicted octanol–water partition coefficient (Wildman–Crippen LogP) is 4.69. The zero-order valence-corrected chi connectivity index (χ0v) is 20.7. The SMILES string of the molecule is CCOc1ccccc1N1CCN(C(=O)c2ccc(CN3C(=O)CSc4ccccc43)cc2)CC1. The van der Waals surface area contributed by atoms with E-state index in [1.165, 1.54) is 0 Å². The van der Waals surface area contributed by atoms with Crippen LogP contribution in [-0.4, -0.2) is 55.3 Å². The molecule has 0 N–H and O–H groups in total. The molecule has 0 aliphatic carbocycles. The highest BCUT2D eigenvalue weighted by atomic mass is 32.2. The number of amides is 2. The van der Waals surface area contributed by atoms with E-state index in [-0.39, 0.29) is 11.8 Å². The van der Waals surface area contributed by atoms with Crippen molar-refractivity contribution in [2.24, 2.45) is 0 Å². The van der Waals surface area contributed by atoms with Crippen LogP contribution >= 0.6 is 11.8 Å². The Morgan fingerprint density at radius 2 is 1.57 bits per heavy atom. The molecule has 35 heavy (non-hydrogen) atoms. The average molecular weight is 488 g/mol. The van der Waals surface area contributed by atoms with Crippen LogP contribution in [0.25, 0.3) is 0 Å². The highest BCUT2D eigenvalue weighted by Gasteiger charge is 2.26. The molecule has 0 atom stereocenters. The fraction of sp³-hybridized carbons (Fsp3) is 0.286. The lowest BCUT2D eigenvalue weighted by molar-refractivity contribution is -0.116. The molecule has 1 fully saturated rings. The summed E-state index contributed by atoms with van der Waals surface area (Å²) in [5.74, 6) is 1.50. The van der Waals surface area contributed by atoms with E-state index in [1.54, 1.807) is 11.8 Å². The summed E-state index contributed by atoms with van der Waals surface area (Å²) < 4.78 is 5.78. The minimum absolute atomic E-state index is 0.0464. The molecule has 1 saturated heterocycles. The standard InChI is InChI=1S/C28H29N3O3S/c1-2-34-25-9-5-3-7-23(25)29-15-17-30(18-16-29)28(33)22-13-11-21(12-14-22)19-31-24-8-4-6-10-26(24)35-20-27(31)32/h3-14H,2,15-20H2,1H3. The van der Waals surface area contributed by atoms with Gasteiger partial charge in [0.1, 0.15) is 5.75 Å². The smallest absolute Gasteiger partial charge is 0.253 e. The number of anilines is 2. The van der Waals surface area contributed by atoms with Gasteiger partial charge in [-0.25, -0.2) is 0 Å². The Hall–Kier alpha value is -3.45. The lowest BCUT2D eigenvalue weighted by Crippen LogP contribution is -2.48. The number of hydrogen-bond donors (Lipinski definition) is 0. The maximum Gasteiger partial charge on any atom is 0.253 e. The number of piperazine rings is 1. The third-order valence-electron chi connectivity index (χ3n) is 6.42. The van der Waals surface area contributed by atoms with E-state index < -0.39 is 0 Å². The summed E-state index contributed by atoms with van der Waals surface area (Å²) >= 11 is 1.58. The van der Waals surface area contributed by atoms with Crippen molar-refractivity contribution in [2.75, 3.05) is 48.3 Å². The van der Waals surface area contributed by atoms with Gasteiger partial charge in [0.05, 0.1) is 30.3 Å². The van der Waals surface area contributed by atoms with Crippen LogP contribution in [0.5, 0.6) is 5.75 Å². The van der Waals surface area contributed by atoms with Gasteiger partial charge in [0.15, 0.2) is 0 Å². The van der Waals surface area contributed by atoms with Gasteiger partial charge in [0.25, 0.3) is 5.91 Å². The fourth-order valence-corrected chi connectivity index (χ4v) is 5.53. The Morgan fingerprint density at radius 3 is 2.31 bits per heavy atom. The molecule has 5 rings (SSSR count). The molecule has 3 aromatic carbocycles. The summed E-state index contributed by atoms with van der Waals surface area (Å²) in [5.41, 5.74) is 3.72. The first-order valence-corrected chi connectivity index (χ1v) is 13.0. The van der Waals surface area contributed by atoms with E-state index >= 15 is 0 Å². The van der Waals surface area contributed by atoms with Gasteiger partial charge < -0.3 is 19.4 Å². The quantitative estimate of drug-likeness (QED) is 0.505. The molecule has 7 heteroatoms. The van der Waals surface area contributed by atoms with Crippen molar-refractivity contribution in [1.82, 2.24) is 4.90 Å². The second-order valence-electron chi connectivity index (χ2n) is 8.61. The summed E-state index contributed by atoms with van der Waals surface area (Å²) in [6, 6.07) is 23.7. The normalized spacial score (nSPS) is 15.7. The number of ether oxygens (including phenoxy) is 1. The van der Waals surface area contributed by atoms with Crippen LogP contribution in [0.3, 0.4) is 0 Å². The first kappa shape index (κ1) is 23.3. The third-order valence-corrected chi connectivity index (χ3v) is 7.47. The minimum Gasteiger partial charge on any atom is -0.492 e. The monoisotopic (exact) mass is 487 g/mol. The van der Waals surface area contributed by atoms with Gasteiger partial charge in [-0.15, -0.1) is 11.8 Å². The molecule has 0 spiro atoms. The number of nitrogens with zero attached hydrogens (tertiary/aromatic N) is 3. The number of rotatable bonds is 6.